The van der Waals surface area contributed by atoms with Crippen molar-refractivity contribution >= 4 is 38.9 Å². The van der Waals surface area contributed by atoms with Crippen LogP contribution in [-0.4, -0.2) is 49.8 Å². The molecule has 0 bridgehead atoms. The molecule has 0 saturated carbocycles. The lowest BCUT2D eigenvalue weighted by Crippen LogP contribution is -2.37. The molecule has 1 N–H and O–H groups in total. The molecular weight excluding hydrogens is 350 g/mol. The molecule has 3 aromatic heterocycles. The Morgan fingerprint density at radius 3 is 3.19 bits per heavy atom. The van der Waals surface area contributed by atoms with E-state index in [1.807, 2.05) is 30.3 Å². The summed E-state index contributed by atoms with van der Waals surface area (Å²) in [4.78, 5) is 19.0. The number of hydrogen-bond donors (Lipinski definition) is 1. The van der Waals surface area contributed by atoms with E-state index < -0.39 is 0 Å². The Morgan fingerprint density at radius 1 is 1.27 bits per heavy atom. The number of nitrogens with zero attached hydrogens (tertiary/aromatic N) is 6. The average molecular weight is 365 g/mol. The first kappa shape index (κ1) is 15.2. The van der Waals surface area contributed by atoms with Gasteiger partial charge >= 0.3 is 0 Å². The Bertz CT molecular complexity index is 1100. The minimum Gasteiger partial charge on any atom is -0.353 e. The lowest BCUT2D eigenvalue weighted by Gasteiger charge is -2.17. The standard InChI is InChI=1S/C17H15N7OS/c25-17(11-1-2-13-14(7-11)26-10-18-13)20-12-5-6-23(8-12)16-4-3-15-21-19-9-24(15)22-16/h1-4,7,9-10,12H,5-6,8H2,(H,20,25). The number of fused-ring (bicyclic) bond motifs is 2. The SMILES string of the molecule is O=C(NC1CCN(c2ccc3nncn3n2)C1)c1ccc2ncsc2c1. The number of benzene rings is 1. The molecule has 8 nitrogen and oxygen atoms in total. The van der Waals surface area contributed by atoms with Gasteiger partial charge in [-0.2, -0.15) is 4.52 Å². The Balaban J connectivity index is 1.28. The van der Waals surface area contributed by atoms with Crippen LogP contribution < -0.4 is 10.2 Å². The minimum absolute atomic E-state index is 0.0469. The van der Waals surface area contributed by atoms with Crippen LogP contribution in [0.5, 0.6) is 0 Å². The highest BCUT2D eigenvalue weighted by atomic mass is 32.1. The van der Waals surface area contributed by atoms with E-state index in [0.717, 1.165) is 41.2 Å². The van der Waals surface area contributed by atoms with Crippen molar-refractivity contribution in [3.05, 3.63) is 47.7 Å². The van der Waals surface area contributed by atoms with Gasteiger partial charge in [-0.05, 0) is 36.8 Å². The summed E-state index contributed by atoms with van der Waals surface area (Å²) in [6.07, 6.45) is 2.47. The molecule has 9 heteroatoms. The van der Waals surface area contributed by atoms with Crippen LogP contribution in [0.15, 0.2) is 42.2 Å². The summed E-state index contributed by atoms with van der Waals surface area (Å²) in [7, 11) is 0. The van der Waals surface area contributed by atoms with E-state index in [1.54, 1.807) is 27.7 Å². The summed E-state index contributed by atoms with van der Waals surface area (Å²) in [6.45, 7) is 1.58. The third-order valence-corrected chi connectivity index (χ3v) is 5.38. The van der Waals surface area contributed by atoms with E-state index in [9.17, 15) is 4.79 Å². The predicted octanol–water partition coefficient (Wildman–Crippen LogP) is 1.74. The highest BCUT2D eigenvalue weighted by Gasteiger charge is 2.25. The van der Waals surface area contributed by atoms with Crippen molar-refractivity contribution in [3.63, 3.8) is 0 Å². The average Bonchev–Trinajstić information content (AvgIpc) is 3.40. The number of amides is 1. The van der Waals surface area contributed by atoms with Crippen molar-refractivity contribution in [2.24, 2.45) is 0 Å². The molecule has 4 aromatic rings. The van der Waals surface area contributed by atoms with Crippen molar-refractivity contribution in [1.29, 1.82) is 0 Å². The lowest BCUT2D eigenvalue weighted by molar-refractivity contribution is 0.0940. The van der Waals surface area contributed by atoms with Crippen molar-refractivity contribution in [3.8, 4) is 0 Å². The van der Waals surface area contributed by atoms with E-state index in [1.165, 1.54) is 0 Å². The van der Waals surface area contributed by atoms with Gasteiger partial charge in [0.1, 0.15) is 12.1 Å². The number of rotatable bonds is 3. The zero-order chi connectivity index (χ0) is 17.5. The van der Waals surface area contributed by atoms with Gasteiger partial charge in [0.15, 0.2) is 5.65 Å². The largest absolute Gasteiger partial charge is 0.353 e. The van der Waals surface area contributed by atoms with E-state index in [2.05, 4.69) is 30.5 Å². The van der Waals surface area contributed by atoms with Gasteiger partial charge in [-0.25, -0.2) is 4.98 Å². The topological polar surface area (TPSA) is 88.3 Å². The van der Waals surface area contributed by atoms with E-state index in [0.29, 0.717) is 5.56 Å². The maximum atomic E-state index is 12.6. The Labute approximate surface area is 152 Å². The Kier molecular flexibility index (Phi) is 3.52. The molecule has 1 aliphatic rings. The number of anilines is 1. The van der Waals surface area contributed by atoms with Gasteiger partial charge in [0.05, 0.1) is 15.7 Å². The fraction of sp³-hybridized carbons (Fsp3) is 0.235. The predicted molar refractivity (Wildman–Crippen MR) is 98.5 cm³/mol. The Morgan fingerprint density at radius 2 is 2.23 bits per heavy atom. The van der Waals surface area contributed by atoms with Crippen molar-refractivity contribution in [2.45, 2.75) is 12.5 Å². The van der Waals surface area contributed by atoms with Crippen LogP contribution in [0.3, 0.4) is 0 Å². The summed E-state index contributed by atoms with van der Waals surface area (Å²) in [5.74, 6) is 0.814. The van der Waals surface area contributed by atoms with Crippen LogP contribution in [0.4, 0.5) is 5.82 Å². The van der Waals surface area contributed by atoms with Gasteiger partial charge < -0.3 is 10.2 Å². The molecule has 1 amide bonds. The molecule has 1 aromatic carbocycles. The molecule has 1 saturated heterocycles. The van der Waals surface area contributed by atoms with Gasteiger partial charge in [0.25, 0.3) is 5.91 Å². The van der Waals surface area contributed by atoms with Crippen LogP contribution in [0, 0.1) is 0 Å². The van der Waals surface area contributed by atoms with E-state index in [-0.39, 0.29) is 11.9 Å². The van der Waals surface area contributed by atoms with E-state index in [4.69, 9.17) is 0 Å². The fourth-order valence-corrected chi connectivity index (χ4v) is 3.95. The monoisotopic (exact) mass is 365 g/mol. The normalized spacial score (nSPS) is 17.2. The maximum Gasteiger partial charge on any atom is 0.251 e. The van der Waals surface area contributed by atoms with Gasteiger partial charge in [-0.1, -0.05) is 0 Å². The van der Waals surface area contributed by atoms with Crippen LogP contribution in [0.1, 0.15) is 16.8 Å². The van der Waals surface area contributed by atoms with Gasteiger partial charge in [-0.3, -0.25) is 4.79 Å². The molecule has 1 aliphatic heterocycles. The van der Waals surface area contributed by atoms with Gasteiger partial charge in [0.2, 0.25) is 0 Å². The first-order valence-electron chi connectivity index (χ1n) is 8.32. The quantitative estimate of drug-likeness (QED) is 0.595. The lowest BCUT2D eigenvalue weighted by atomic mass is 10.2. The molecule has 0 aliphatic carbocycles. The summed E-state index contributed by atoms with van der Waals surface area (Å²) in [5, 5.41) is 15.5. The molecule has 0 spiro atoms. The molecule has 130 valence electrons. The molecule has 5 rings (SSSR count). The second kappa shape index (κ2) is 6.03. The number of nitrogens with one attached hydrogen (secondary N) is 1. The second-order valence-electron chi connectivity index (χ2n) is 6.27. The zero-order valence-electron chi connectivity index (χ0n) is 13.7. The summed E-state index contributed by atoms with van der Waals surface area (Å²) >= 11 is 1.54. The molecule has 26 heavy (non-hydrogen) atoms. The van der Waals surface area contributed by atoms with Crippen LogP contribution in [0.25, 0.3) is 15.9 Å². The van der Waals surface area contributed by atoms with Gasteiger partial charge in [0, 0.05) is 24.7 Å². The fourth-order valence-electron chi connectivity index (χ4n) is 3.24. The third-order valence-electron chi connectivity index (χ3n) is 4.59. The van der Waals surface area contributed by atoms with Crippen LogP contribution in [-0.2, 0) is 0 Å². The van der Waals surface area contributed by atoms with Crippen molar-refractivity contribution < 1.29 is 4.79 Å². The third kappa shape index (κ3) is 2.66. The number of aromatic nitrogens is 5. The summed E-state index contributed by atoms with van der Waals surface area (Å²) < 4.78 is 2.68. The van der Waals surface area contributed by atoms with E-state index >= 15 is 0 Å². The number of thiazole rings is 1. The molecule has 0 radical (unpaired) electrons. The maximum absolute atomic E-state index is 12.6. The van der Waals surface area contributed by atoms with Crippen LogP contribution in [0.2, 0.25) is 0 Å². The highest BCUT2D eigenvalue weighted by Crippen LogP contribution is 2.21. The van der Waals surface area contributed by atoms with Crippen molar-refractivity contribution in [1.82, 2.24) is 30.1 Å². The first-order valence-corrected chi connectivity index (χ1v) is 9.20. The molecule has 4 heterocycles. The smallest absolute Gasteiger partial charge is 0.251 e. The van der Waals surface area contributed by atoms with Crippen LogP contribution >= 0.6 is 11.3 Å². The molecule has 1 unspecified atom stereocenters. The first-order chi connectivity index (χ1) is 12.8. The molecule has 1 atom stereocenters. The summed E-state index contributed by atoms with van der Waals surface area (Å²) in [6, 6.07) is 9.54. The Hall–Kier alpha value is -3.07. The minimum atomic E-state index is -0.0469. The zero-order valence-corrected chi connectivity index (χ0v) is 14.6. The van der Waals surface area contributed by atoms with Crippen molar-refractivity contribution in [2.75, 3.05) is 18.0 Å². The second-order valence-corrected chi connectivity index (χ2v) is 7.15. The molecule has 1 fully saturated rings. The number of hydrogen-bond acceptors (Lipinski definition) is 7. The number of carbonyl (C=O) groups is 1. The van der Waals surface area contributed by atoms with Gasteiger partial charge in [-0.15, -0.1) is 26.6 Å². The summed E-state index contributed by atoms with van der Waals surface area (Å²) in [5.41, 5.74) is 4.11. The number of carbonyl (C=O) groups excluding carboxylic acids is 1. The highest BCUT2D eigenvalue weighted by molar-refractivity contribution is 7.16. The molecular formula is C17H15N7OS.